The van der Waals surface area contributed by atoms with Gasteiger partial charge in [-0.05, 0) is 57.4 Å². The minimum atomic E-state index is -0.898. The highest BCUT2D eigenvalue weighted by Crippen LogP contribution is 2.24. The predicted octanol–water partition coefficient (Wildman–Crippen LogP) is 1.91. The Morgan fingerprint density at radius 2 is 1.71 bits per heavy atom. The predicted molar refractivity (Wildman–Crippen MR) is 94.0 cm³/mol. The van der Waals surface area contributed by atoms with Crippen LogP contribution in [0.5, 0.6) is 0 Å². The molecule has 132 valence electrons. The molecule has 0 spiro atoms. The number of likely N-dealkylation sites (tertiary alicyclic amines) is 1. The van der Waals surface area contributed by atoms with E-state index >= 15 is 0 Å². The van der Waals surface area contributed by atoms with Crippen molar-refractivity contribution in [1.29, 1.82) is 0 Å². The molecule has 2 rings (SSSR count). The summed E-state index contributed by atoms with van der Waals surface area (Å²) in [5.74, 6) is -0.471. The maximum Gasteiger partial charge on any atom is 0.331 e. The first-order valence-corrected chi connectivity index (χ1v) is 8.42. The third kappa shape index (κ3) is 3.96. The van der Waals surface area contributed by atoms with E-state index in [1.807, 2.05) is 20.9 Å². The van der Waals surface area contributed by atoms with E-state index in [2.05, 4.69) is 29.3 Å². The zero-order valence-electron chi connectivity index (χ0n) is 15.4. The zero-order valence-corrected chi connectivity index (χ0v) is 15.4. The van der Waals surface area contributed by atoms with Crippen LogP contribution in [0.25, 0.3) is 0 Å². The lowest BCUT2D eigenvalue weighted by molar-refractivity contribution is -0.153. The van der Waals surface area contributed by atoms with E-state index in [0.29, 0.717) is 12.8 Å². The van der Waals surface area contributed by atoms with Gasteiger partial charge in [-0.15, -0.1) is 0 Å². The van der Waals surface area contributed by atoms with Crippen LogP contribution in [0.1, 0.15) is 35.1 Å². The molecule has 1 N–H and O–H groups in total. The van der Waals surface area contributed by atoms with Crippen LogP contribution in [-0.4, -0.2) is 49.6 Å². The first kappa shape index (κ1) is 18.5. The Bertz CT molecular complexity index is 608. The van der Waals surface area contributed by atoms with Gasteiger partial charge in [0.25, 0.3) is 0 Å². The number of nitrogens with zero attached hydrogens (tertiary/aromatic N) is 1. The van der Waals surface area contributed by atoms with Crippen LogP contribution in [0, 0.1) is 20.8 Å². The average Bonchev–Trinajstić information content (AvgIpc) is 2.52. The van der Waals surface area contributed by atoms with Crippen molar-refractivity contribution in [3.8, 4) is 0 Å². The summed E-state index contributed by atoms with van der Waals surface area (Å²) < 4.78 is 4.97. The number of hydrogen-bond acceptors (Lipinski definition) is 4. The minimum Gasteiger partial charge on any atom is -0.467 e. The summed E-state index contributed by atoms with van der Waals surface area (Å²) in [4.78, 5) is 27.1. The molecule has 1 amide bonds. The van der Waals surface area contributed by atoms with Crippen LogP contribution >= 0.6 is 0 Å². The first-order chi connectivity index (χ1) is 11.3. The quantitative estimate of drug-likeness (QED) is 0.856. The second-order valence-electron chi connectivity index (χ2n) is 6.98. The lowest BCUT2D eigenvalue weighted by Gasteiger charge is -2.38. The van der Waals surface area contributed by atoms with E-state index in [-0.39, 0.29) is 18.3 Å². The number of amides is 1. The molecule has 5 nitrogen and oxygen atoms in total. The number of ether oxygens (including phenoxy) is 1. The molecule has 0 unspecified atom stereocenters. The number of rotatable bonds is 4. The SMILES string of the molecule is COC(=O)C1(NC(=O)Cc2c(C)cc(C)cc2C)CCN(C)CC1. The average molecular weight is 332 g/mol. The number of methoxy groups -OCH3 is 1. The first-order valence-electron chi connectivity index (χ1n) is 8.42. The molecule has 1 heterocycles. The molecule has 1 fully saturated rings. The van der Waals surface area contributed by atoms with Gasteiger partial charge in [-0.1, -0.05) is 17.7 Å². The van der Waals surface area contributed by atoms with E-state index < -0.39 is 5.54 Å². The second-order valence-corrected chi connectivity index (χ2v) is 6.98. The number of hydrogen-bond donors (Lipinski definition) is 1. The largest absolute Gasteiger partial charge is 0.467 e. The summed E-state index contributed by atoms with van der Waals surface area (Å²) in [6.07, 6.45) is 1.44. The van der Waals surface area contributed by atoms with Gasteiger partial charge in [0.15, 0.2) is 0 Å². The molecule has 1 aliphatic rings. The number of esters is 1. The Balaban J connectivity index is 2.16. The Morgan fingerprint density at radius 3 is 2.21 bits per heavy atom. The van der Waals surface area contributed by atoms with Crippen molar-refractivity contribution in [1.82, 2.24) is 10.2 Å². The number of carbonyl (C=O) groups excluding carboxylic acids is 2. The summed E-state index contributed by atoms with van der Waals surface area (Å²) in [6, 6.07) is 4.17. The molecule has 5 heteroatoms. The normalized spacial score (nSPS) is 17.4. The molecule has 0 radical (unpaired) electrons. The molecule has 1 aromatic carbocycles. The summed E-state index contributed by atoms with van der Waals surface area (Å²) in [5, 5.41) is 2.98. The Hall–Kier alpha value is -1.88. The van der Waals surface area contributed by atoms with Gasteiger partial charge in [-0.3, -0.25) is 4.79 Å². The number of piperidine rings is 1. The third-order valence-electron chi connectivity index (χ3n) is 4.97. The topological polar surface area (TPSA) is 58.6 Å². The van der Waals surface area contributed by atoms with Crippen molar-refractivity contribution in [2.45, 2.75) is 45.6 Å². The Morgan fingerprint density at radius 1 is 1.17 bits per heavy atom. The molecule has 24 heavy (non-hydrogen) atoms. The smallest absolute Gasteiger partial charge is 0.331 e. The zero-order chi connectivity index (χ0) is 17.9. The fourth-order valence-electron chi connectivity index (χ4n) is 3.54. The van der Waals surface area contributed by atoms with E-state index in [1.165, 1.54) is 12.7 Å². The van der Waals surface area contributed by atoms with E-state index in [1.54, 1.807) is 0 Å². The highest BCUT2D eigenvalue weighted by atomic mass is 16.5. The molecule has 0 aromatic heterocycles. The molecule has 1 aromatic rings. The molecule has 0 bridgehead atoms. The van der Waals surface area contributed by atoms with Crippen LogP contribution < -0.4 is 5.32 Å². The van der Waals surface area contributed by atoms with Gasteiger partial charge in [0.1, 0.15) is 5.54 Å². The summed E-state index contributed by atoms with van der Waals surface area (Å²) in [7, 11) is 3.39. The molecular weight excluding hydrogens is 304 g/mol. The molecule has 1 saturated heterocycles. The van der Waals surface area contributed by atoms with Crippen molar-refractivity contribution in [2.24, 2.45) is 0 Å². The maximum atomic E-state index is 12.6. The van der Waals surface area contributed by atoms with Gasteiger partial charge in [0, 0.05) is 13.1 Å². The number of benzene rings is 1. The third-order valence-corrected chi connectivity index (χ3v) is 4.97. The molecule has 0 aliphatic carbocycles. The van der Waals surface area contributed by atoms with E-state index in [4.69, 9.17) is 4.74 Å². The fourth-order valence-corrected chi connectivity index (χ4v) is 3.54. The van der Waals surface area contributed by atoms with Crippen molar-refractivity contribution < 1.29 is 14.3 Å². The summed E-state index contributed by atoms with van der Waals surface area (Å²) in [6.45, 7) is 7.62. The van der Waals surface area contributed by atoms with Gasteiger partial charge in [-0.2, -0.15) is 0 Å². The lowest BCUT2D eigenvalue weighted by atomic mass is 9.87. The fraction of sp³-hybridized carbons (Fsp3) is 0.579. The van der Waals surface area contributed by atoms with Crippen molar-refractivity contribution in [3.05, 3.63) is 34.4 Å². The van der Waals surface area contributed by atoms with Crippen LogP contribution in [0.3, 0.4) is 0 Å². The molecule has 0 saturated carbocycles. The number of aryl methyl sites for hydroxylation is 3. The van der Waals surface area contributed by atoms with Gasteiger partial charge in [-0.25, -0.2) is 4.79 Å². The molecule has 0 atom stereocenters. The van der Waals surface area contributed by atoms with Gasteiger partial charge in [0.2, 0.25) is 5.91 Å². The summed E-state index contributed by atoms with van der Waals surface area (Å²) >= 11 is 0. The van der Waals surface area contributed by atoms with Crippen LogP contribution in [-0.2, 0) is 20.7 Å². The van der Waals surface area contributed by atoms with E-state index in [0.717, 1.165) is 29.8 Å². The Labute approximate surface area is 144 Å². The highest BCUT2D eigenvalue weighted by molar-refractivity contribution is 5.89. The minimum absolute atomic E-state index is 0.125. The van der Waals surface area contributed by atoms with Crippen LogP contribution in [0.4, 0.5) is 0 Å². The van der Waals surface area contributed by atoms with Gasteiger partial charge >= 0.3 is 5.97 Å². The van der Waals surface area contributed by atoms with Crippen LogP contribution in [0.15, 0.2) is 12.1 Å². The van der Waals surface area contributed by atoms with Crippen molar-refractivity contribution in [2.75, 3.05) is 27.2 Å². The van der Waals surface area contributed by atoms with Gasteiger partial charge in [0.05, 0.1) is 13.5 Å². The van der Waals surface area contributed by atoms with Gasteiger partial charge < -0.3 is 15.0 Å². The second kappa shape index (κ2) is 7.34. The molecule has 1 aliphatic heterocycles. The molecular formula is C19H28N2O3. The number of nitrogens with one attached hydrogen (secondary N) is 1. The van der Waals surface area contributed by atoms with Crippen LogP contribution in [0.2, 0.25) is 0 Å². The Kier molecular flexibility index (Phi) is 5.65. The van der Waals surface area contributed by atoms with Crippen molar-refractivity contribution >= 4 is 11.9 Å². The number of carbonyl (C=O) groups is 2. The van der Waals surface area contributed by atoms with E-state index in [9.17, 15) is 9.59 Å². The highest BCUT2D eigenvalue weighted by Gasteiger charge is 2.43. The summed E-state index contributed by atoms with van der Waals surface area (Å²) in [5.41, 5.74) is 3.54. The van der Waals surface area contributed by atoms with Crippen molar-refractivity contribution in [3.63, 3.8) is 0 Å². The monoisotopic (exact) mass is 332 g/mol. The standard InChI is InChI=1S/C19H28N2O3/c1-13-10-14(2)16(15(3)11-13)12-17(22)20-19(18(23)24-5)6-8-21(4)9-7-19/h10-11H,6-9,12H2,1-5H3,(H,20,22). The lowest BCUT2D eigenvalue weighted by Crippen LogP contribution is -2.60. The maximum absolute atomic E-state index is 12.6.